The molecular formula is C25H27ClF6N4O4S. The van der Waals surface area contributed by atoms with Crippen molar-refractivity contribution in [3.05, 3.63) is 45.1 Å². The average molecular weight is 629 g/mol. The van der Waals surface area contributed by atoms with Crippen LogP contribution in [0.1, 0.15) is 29.1 Å². The van der Waals surface area contributed by atoms with Crippen LogP contribution in [0, 0.1) is 5.92 Å². The molecule has 0 spiro atoms. The van der Waals surface area contributed by atoms with E-state index in [9.17, 15) is 40.7 Å². The summed E-state index contributed by atoms with van der Waals surface area (Å²) >= 11 is 6.73. The molecule has 41 heavy (non-hydrogen) atoms. The number of halogens is 7. The lowest BCUT2D eigenvalue weighted by Gasteiger charge is -2.33. The first kappa shape index (κ1) is 32.6. The summed E-state index contributed by atoms with van der Waals surface area (Å²) in [6.45, 7) is 0.607. The van der Waals surface area contributed by atoms with Crippen molar-refractivity contribution in [1.29, 1.82) is 0 Å². The van der Waals surface area contributed by atoms with Crippen LogP contribution in [0.15, 0.2) is 30.3 Å². The van der Waals surface area contributed by atoms with Crippen molar-refractivity contribution in [3.8, 4) is 0 Å². The first-order valence-electron chi connectivity index (χ1n) is 12.3. The molecule has 1 saturated heterocycles. The van der Waals surface area contributed by atoms with E-state index in [0.717, 1.165) is 27.2 Å². The molecule has 1 atom stereocenters. The molecule has 1 fully saturated rings. The minimum atomic E-state index is -4.99. The van der Waals surface area contributed by atoms with E-state index in [4.69, 9.17) is 16.3 Å². The molecule has 1 aliphatic rings. The molecule has 1 aliphatic heterocycles. The maximum atomic E-state index is 14.0. The largest absolute Gasteiger partial charge is 0.418 e. The van der Waals surface area contributed by atoms with Crippen molar-refractivity contribution < 1.29 is 45.5 Å². The Bertz CT molecular complexity index is 1250. The van der Waals surface area contributed by atoms with E-state index in [1.807, 2.05) is 0 Å². The lowest BCUT2D eigenvalue weighted by atomic mass is 10.1. The van der Waals surface area contributed by atoms with Gasteiger partial charge in [0.25, 0.3) is 11.8 Å². The highest BCUT2D eigenvalue weighted by atomic mass is 35.5. The monoisotopic (exact) mass is 628 g/mol. The highest BCUT2D eigenvalue weighted by molar-refractivity contribution is 7.18. The van der Waals surface area contributed by atoms with Gasteiger partial charge in [-0.3, -0.25) is 19.3 Å². The summed E-state index contributed by atoms with van der Waals surface area (Å²) in [4.78, 5) is 40.0. The summed E-state index contributed by atoms with van der Waals surface area (Å²) in [6.07, 6.45) is -9.73. The Labute approximate surface area is 240 Å². The third-order valence-electron chi connectivity index (χ3n) is 5.84. The van der Waals surface area contributed by atoms with Gasteiger partial charge in [-0.05, 0) is 36.2 Å². The summed E-state index contributed by atoms with van der Waals surface area (Å²) in [5.74, 6) is -2.83. The Hall–Kier alpha value is -2.88. The average Bonchev–Trinajstić information content (AvgIpc) is 3.29. The number of hydrogen-bond acceptors (Lipinski definition) is 6. The van der Waals surface area contributed by atoms with Gasteiger partial charge in [0.1, 0.15) is 12.6 Å². The molecule has 0 saturated carbocycles. The molecule has 0 unspecified atom stereocenters. The quantitative estimate of drug-likeness (QED) is 0.360. The SMILES string of the molecule is CC(C)CN(CC(F)(F)F)[C@@H](CNC(=O)c1ccc(Cl)s1)C(=O)Nc1ccc(N2CCOCC2=O)cc1C(F)(F)F. The molecule has 16 heteroatoms. The van der Waals surface area contributed by atoms with Gasteiger partial charge in [-0.15, -0.1) is 11.3 Å². The van der Waals surface area contributed by atoms with Gasteiger partial charge in [-0.1, -0.05) is 25.4 Å². The van der Waals surface area contributed by atoms with Crippen LogP contribution >= 0.6 is 22.9 Å². The fourth-order valence-electron chi connectivity index (χ4n) is 4.15. The zero-order valence-corrected chi connectivity index (χ0v) is 23.4. The van der Waals surface area contributed by atoms with Gasteiger partial charge in [-0.2, -0.15) is 26.3 Å². The summed E-state index contributed by atoms with van der Waals surface area (Å²) in [7, 11) is 0. The second-order valence-corrected chi connectivity index (χ2v) is 11.3. The fraction of sp³-hybridized carbons (Fsp3) is 0.480. The number of morpholine rings is 1. The Morgan fingerprint density at radius 1 is 1.15 bits per heavy atom. The normalized spacial score (nSPS) is 15.4. The van der Waals surface area contributed by atoms with Gasteiger partial charge in [0.05, 0.1) is 33.6 Å². The number of nitrogens with zero attached hydrogens (tertiary/aromatic N) is 2. The molecule has 0 bridgehead atoms. The van der Waals surface area contributed by atoms with E-state index in [1.165, 1.54) is 18.2 Å². The van der Waals surface area contributed by atoms with Crippen LogP contribution in [0.2, 0.25) is 4.34 Å². The summed E-state index contributed by atoms with van der Waals surface area (Å²) in [5, 5.41) is 4.48. The molecule has 0 radical (unpaired) electrons. The minimum Gasteiger partial charge on any atom is -0.370 e. The molecular weight excluding hydrogens is 602 g/mol. The number of carbonyl (C=O) groups excluding carboxylic acids is 3. The standard InChI is InChI=1S/C25H27ClF6N4O4S/c1-14(2)11-35(13-24(27,28)29)18(10-33-23(39)19-5-6-20(26)41-19)22(38)34-17-4-3-15(9-16(17)25(30,31)32)36-7-8-40-12-21(36)37/h3-6,9,14,18H,7-8,10-13H2,1-2H3,(H,33,39)(H,34,38)/t18-/m0/s1. The number of hydrogen-bond donors (Lipinski definition) is 2. The number of rotatable bonds is 10. The first-order valence-corrected chi connectivity index (χ1v) is 13.5. The molecule has 8 nitrogen and oxygen atoms in total. The van der Waals surface area contributed by atoms with Gasteiger partial charge >= 0.3 is 12.4 Å². The molecule has 2 aromatic rings. The molecule has 2 N–H and O–H groups in total. The van der Waals surface area contributed by atoms with Crippen LogP contribution in [0.3, 0.4) is 0 Å². The van der Waals surface area contributed by atoms with Crippen LogP contribution in [-0.4, -0.2) is 74.2 Å². The Kier molecular flexibility index (Phi) is 10.7. The minimum absolute atomic E-state index is 0.0145. The fourth-order valence-corrected chi connectivity index (χ4v) is 5.11. The second kappa shape index (κ2) is 13.4. The van der Waals surface area contributed by atoms with E-state index in [-0.39, 0.29) is 47.1 Å². The maximum Gasteiger partial charge on any atom is 0.418 e. The van der Waals surface area contributed by atoms with E-state index >= 15 is 0 Å². The van der Waals surface area contributed by atoms with Crippen LogP contribution in [0.5, 0.6) is 0 Å². The van der Waals surface area contributed by atoms with Crippen molar-refractivity contribution in [2.75, 3.05) is 49.6 Å². The predicted molar refractivity (Wildman–Crippen MR) is 141 cm³/mol. The van der Waals surface area contributed by atoms with Gasteiger partial charge in [-0.25, -0.2) is 0 Å². The summed E-state index contributed by atoms with van der Waals surface area (Å²) in [5.41, 5.74) is -2.10. The van der Waals surface area contributed by atoms with E-state index in [1.54, 1.807) is 13.8 Å². The maximum absolute atomic E-state index is 14.0. The van der Waals surface area contributed by atoms with Crippen LogP contribution in [-0.2, 0) is 20.5 Å². The number of nitrogens with one attached hydrogen (secondary N) is 2. The van der Waals surface area contributed by atoms with Gasteiger partial charge in [0.15, 0.2) is 0 Å². The van der Waals surface area contributed by atoms with Gasteiger partial charge < -0.3 is 20.3 Å². The van der Waals surface area contributed by atoms with Gasteiger partial charge in [0.2, 0.25) is 5.91 Å². The third kappa shape index (κ3) is 9.31. The molecule has 1 aromatic heterocycles. The number of amides is 3. The smallest absolute Gasteiger partial charge is 0.370 e. The number of thiophene rings is 1. The molecule has 2 heterocycles. The Balaban J connectivity index is 1.93. The van der Waals surface area contributed by atoms with Crippen molar-refractivity contribution in [2.24, 2.45) is 5.92 Å². The lowest BCUT2D eigenvalue weighted by Crippen LogP contribution is -2.54. The van der Waals surface area contributed by atoms with Crippen molar-refractivity contribution >= 4 is 52.0 Å². The second-order valence-electron chi connectivity index (χ2n) is 9.58. The third-order valence-corrected chi connectivity index (χ3v) is 7.07. The van der Waals surface area contributed by atoms with Crippen molar-refractivity contribution in [2.45, 2.75) is 32.2 Å². The van der Waals surface area contributed by atoms with E-state index < -0.39 is 60.5 Å². The van der Waals surface area contributed by atoms with E-state index in [0.29, 0.717) is 6.07 Å². The topological polar surface area (TPSA) is 91.0 Å². The first-order chi connectivity index (χ1) is 19.0. The number of carbonyl (C=O) groups is 3. The Morgan fingerprint density at radius 3 is 2.41 bits per heavy atom. The zero-order chi connectivity index (χ0) is 30.5. The highest BCUT2D eigenvalue weighted by Crippen LogP contribution is 2.38. The molecule has 226 valence electrons. The van der Waals surface area contributed by atoms with Crippen molar-refractivity contribution in [1.82, 2.24) is 10.2 Å². The van der Waals surface area contributed by atoms with Crippen molar-refractivity contribution in [3.63, 3.8) is 0 Å². The number of benzene rings is 1. The summed E-state index contributed by atoms with van der Waals surface area (Å²) in [6, 6.07) is 3.92. The Morgan fingerprint density at radius 2 is 1.85 bits per heavy atom. The molecule has 3 rings (SSSR count). The van der Waals surface area contributed by atoms with Crippen LogP contribution in [0.4, 0.5) is 37.7 Å². The number of alkyl halides is 6. The predicted octanol–water partition coefficient (Wildman–Crippen LogP) is 5.04. The number of anilines is 2. The zero-order valence-electron chi connectivity index (χ0n) is 21.9. The van der Waals surface area contributed by atoms with Crippen LogP contribution < -0.4 is 15.5 Å². The summed E-state index contributed by atoms with van der Waals surface area (Å²) < 4.78 is 87.8. The van der Waals surface area contributed by atoms with E-state index in [2.05, 4.69) is 10.6 Å². The highest BCUT2D eigenvalue weighted by Gasteiger charge is 2.39. The number of ether oxygens (including phenoxy) is 1. The molecule has 1 aromatic carbocycles. The van der Waals surface area contributed by atoms with Gasteiger partial charge in [0, 0.05) is 25.3 Å². The lowest BCUT2D eigenvalue weighted by molar-refractivity contribution is -0.154. The molecule has 3 amide bonds. The molecule has 0 aliphatic carbocycles. The van der Waals surface area contributed by atoms with Crippen LogP contribution in [0.25, 0.3) is 0 Å².